The van der Waals surface area contributed by atoms with Crippen LogP contribution in [0.25, 0.3) is 0 Å². The van der Waals surface area contributed by atoms with Crippen LogP contribution in [0.2, 0.25) is 0 Å². The van der Waals surface area contributed by atoms with Gasteiger partial charge in [0.2, 0.25) is 0 Å². The van der Waals surface area contributed by atoms with Crippen molar-refractivity contribution in [3.8, 4) is 6.07 Å². The molecular formula is C20H20N4O3S. The minimum atomic E-state index is -0.457. The van der Waals surface area contributed by atoms with Crippen molar-refractivity contribution in [1.29, 1.82) is 5.26 Å². The highest BCUT2D eigenvalue weighted by Crippen LogP contribution is 2.37. The Morgan fingerprint density at radius 1 is 1.25 bits per heavy atom. The van der Waals surface area contributed by atoms with Crippen molar-refractivity contribution in [2.75, 3.05) is 17.2 Å². The lowest BCUT2D eigenvalue weighted by Gasteiger charge is -2.09. The van der Waals surface area contributed by atoms with Crippen LogP contribution < -0.4 is 10.6 Å². The second-order valence-electron chi connectivity index (χ2n) is 6.44. The van der Waals surface area contributed by atoms with Gasteiger partial charge in [-0.2, -0.15) is 5.26 Å². The molecule has 0 atom stereocenters. The average Bonchev–Trinajstić information content (AvgIpc) is 3.04. The summed E-state index contributed by atoms with van der Waals surface area (Å²) < 4.78 is 0. The predicted molar refractivity (Wildman–Crippen MR) is 109 cm³/mol. The fourth-order valence-electron chi connectivity index (χ4n) is 2.93. The summed E-state index contributed by atoms with van der Waals surface area (Å²) in [6.45, 7) is 1.61. The van der Waals surface area contributed by atoms with E-state index in [1.807, 2.05) is 19.1 Å². The van der Waals surface area contributed by atoms with Gasteiger partial charge in [-0.3, -0.25) is 9.59 Å². The van der Waals surface area contributed by atoms with Crippen LogP contribution in [-0.2, 0) is 27.3 Å². The zero-order valence-electron chi connectivity index (χ0n) is 15.4. The number of thiophene rings is 1. The molecule has 0 spiro atoms. The Kier molecular flexibility index (Phi) is 6.40. The number of amides is 2. The molecule has 2 N–H and O–H groups in total. The summed E-state index contributed by atoms with van der Waals surface area (Å²) in [6, 6.07) is 9.51. The van der Waals surface area contributed by atoms with Gasteiger partial charge in [-0.05, 0) is 50.3 Å². The van der Waals surface area contributed by atoms with E-state index in [9.17, 15) is 14.9 Å². The number of anilines is 2. The van der Waals surface area contributed by atoms with Gasteiger partial charge < -0.3 is 15.5 Å². The molecule has 144 valence electrons. The van der Waals surface area contributed by atoms with Crippen LogP contribution in [0.1, 0.15) is 34.4 Å². The lowest BCUT2D eigenvalue weighted by Crippen LogP contribution is -2.18. The van der Waals surface area contributed by atoms with E-state index >= 15 is 0 Å². The number of fused-ring (bicyclic) bond motifs is 1. The summed E-state index contributed by atoms with van der Waals surface area (Å²) >= 11 is 1.45. The van der Waals surface area contributed by atoms with Gasteiger partial charge in [0.1, 0.15) is 17.3 Å². The molecule has 0 saturated heterocycles. The third-order valence-electron chi connectivity index (χ3n) is 4.30. The molecule has 0 saturated carbocycles. The molecular weight excluding hydrogens is 376 g/mol. The number of aryl methyl sites for hydroxylation is 2. The van der Waals surface area contributed by atoms with Gasteiger partial charge in [0, 0.05) is 10.6 Å². The number of carbonyl (C=O) groups excluding carboxylic acids is 2. The number of nitrogens with one attached hydrogen (secondary N) is 2. The van der Waals surface area contributed by atoms with E-state index in [0.29, 0.717) is 16.3 Å². The van der Waals surface area contributed by atoms with E-state index in [1.165, 1.54) is 16.2 Å². The molecule has 0 aliphatic heterocycles. The number of nitrogens with zero attached hydrogens (tertiary/aromatic N) is 2. The van der Waals surface area contributed by atoms with Gasteiger partial charge in [0.25, 0.3) is 11.8 Å². The molecule has 1 aromatic heterocycles. The zero-order chi connectivity index (χ0) is 19.9. The predicted octanol–water partition coefficient (Wildman–Crippen LogP) is 3.39. The Morgan fingerprint density at radius 2 is 2.00 bits per heavy atom. The molecule has 3 rings (SSSR count). The molecule has 2 aromatic rings. The quantitative estimate of drug-likeness (QED) is 0.577. The largest absolute Gasteiger partial charge is 0.385 e. The minimum Gasteiger partial charge on any atom is -0.385 e. The highest BCUT2D eigenvalue weighted by Gasteiger charge is 2.21. The molecule has 2 amide bonds. The Labute approximate surface area is 167 Å². The molecule has 8 heteroatoms. The second kappa shape index (κ2) is 9.15. The maximum absolute atomic E-state index is 12.0. The number of oxime groups is 1. The van der Waals surface area contributed by atoms with Crippen molar-refractivity contribution < 1.29 is 14.4 Å². The molecule has 28 heavy (non-hydrogen) atoms. The third-order valence-corrected chi connectivity index (χ3v) is 5.50. The van der Waals surface area contributed by atoms with Crippen molar-refractivity contribution in [3.05, 3.63) is 45.8 Å². The maximum Gasteiger partial charge on any atom is 0.270 e. The van der Waals surface area contributed by atoms with Gasteiger partial charge in [-0.25, -0.2) is 0 Å². The number of carbonyl (C=O) groups is 2. The summed E-state index contributed by atoms with van der Waals surface area (Å²) in [6.07, 6.45) is 4.96. The number of rotatable bonds is 6. The zero-order valence-corrected chi connectivity index (χ0v) is 16.3. The average molecular weight is 396 g/mol. The number of hydrogen-bond donors (Lipinski definition) is 2. The molecule has 1 heterocycles. The van der Waals surface area contributed by atoms with Crippen LogP contribution >= 0.6 is 11.3 Å². The highest BCUT2D eigenvalue weighted by atomic mass is 32.1. The van der Waals surface area contributed by atoms with Gasteiger partial charge in [0.05, 0.1) is 5.56 Å². The molecule has 0 fully saturated rings. The highest BCUT2D eigenvalue weighted by molar-refractivity contribution is 7.16. The van der Waals surface area contributed by atoms with Crippen LogP contribution in [0.3, 0.4) is 0 Å². The topological polar surface area (TPSA) is 104 Å². The van der Waals surface area contributed by atoms with Crippen LogP contribution in [0, 0.1) is 18.3 Å². The standard InChI is InChI=1S/C20H20N4O3S/c1-13-6-8-14(9-7-13)23-18(25)11-22-27-12-19(26)24-20-16(10-21)15-4-2-3-5-17(15)28-20/h6-9,11H,2-5,12H2,1H3,(H,23,25)(H,24,26). The lowest BCUT2D eigenvalue weighted by atomic mass is 9.96. The normalized spacial score (nSPS) is 12.9. The minimum absolute atomic E-state index is 0.345. The number of hydrogen-bond acceptors (Lipinski definition) is 6. The van der Waals surface area contributed by atoms with Crippen LogP contribution in [-0.4, -0.2) is 24.6 Å². The second-order valence-corrected chi connectivity index (χ2v) is 7.54. The molecule has 7 nitrogen and oxygen atoms in total. The van der Waals surface area contributed by atoms with E-state index in [-0.39, 0.29) is 6.61 Å². The van der Waals surface area contributed by atoms with Crippen LogP contribution in [0.15, 0.2) is 29.4 Å². The van der Waals surface area contributed by atoms with E-state index in [4.69, 9.17) is 4.84 Å². The molecule has 0 radical (unpaired) electrons. The Balaban J connectivity index is 1.47. The molecule has 1 aliphatic rings. The van der Waals surface area contributed by atoms with Crippen molar-refractivity contribution in [2.45, 2.75) is 32.6 Å². The molecule has 0 unspecified atom stereocenters. The van der Waals surface area contributed by atoms with Crippen LogP contribution in [0.4, 0.5) is 10.7 Å². The fraction of sp³-hybridized carbons (Fsp3) is 0.300. The SMILES string of the molecule is Cc1ccc(NC(=O)C=NOCC(=O)Nc2sc3c(c2C#N)CCCC3)cc1. The lowest BCUT2D eigenvalue weighted by molar-refractivity contribution is -0.120. The molecule has 1 aliphatic carbocycles. The van der Waals surface area contributed by atoms with E-state index < -0.39 is 11.8 Å². The first-order valence-corrected chi connectivity index (χ1v) is 9.76. The summed E-state index contributed by atoms with van der Waals surface area (Å²) in [5.74, 6) is -0.881. The molecule has 0 bridgehead atoms. The van der Waals surface area contributed by atoms with E-state index in [2.05, 4.69) is 21.9 Å². The summed E-state index contributed by atoms with van der Waals surface area (Å²) in [5, 5.41) is 18.8. The summed E-state index contributed by atoms with van der Waals surface area (Å²) in [7, 11) is 0. The Hall–Kier alpha value is -3.18. The smallest absolute Gasteiger partial charge is 0.270 e. The summed E-state index contributed by atoms with van der Waals surface area (Å²) in [5.41, 5.74) is 3.34. The van der Waals surface area contributed by atoms with Crippen molar-refractivity contribution >= 4 is 40.1 Å². The van der Waals surface area contributed by atoms with Crippen LogP contribution in [0.5, 0.6) is 0 Å². The van der Waals surface area contributed by atoms with Gasteiger partial charge in [-0.1, -0.05) is 22.9 Å². The van der Waals surface area contributed by atoms with E-state index in [1.54, 1.807) is 12.1 Å². The Morgan fingerprint density at radius 3 is 2.75 bits per heavy atom. The number of benzene rings is 1. The van der Waals surface area contributed by atoms with E-state index in [0.717, 1.165) is 43.0 Å². The van der Waals surface area contributed by atoms with Gasteiger partial charge in [0.15, 0.2) is 6.61 Å². The third kappa shape index (κ3) is 4.96. The van der Waals surface area contributed by atoms with Crippen molar-refractivity contribution in [1.82, 2.24) is 0 Å². The van der Waals surface area contributed by atoms with Gasteiger partial charge in [-0.15, -0.1) is 11.3 Å². The Bertz CT molecular complexity index is 942. The van der Waals surface area contributed by atoms with Crippen molar-refractivity contribution in [2.24, 2.45) is 5.16 Å². The monoisotopic (exact) mass is 396 g/mol. The maximum atomic E-state index is 12.0. The first-order valence-electron chi connectivity index (χ1n) is 8.94. The first-order chi connectivity index (χ1) is 13.6. The first kappa shape index (κ1) is 19.6. The van der Waals surface area contributed by atoms with Crippen molar-refractivity contribution in [3.63, 3.8) is 0 Å². The fourth-order valence-corrected chi connectivity index (χ4v) is 4.18. The number of nitriles is 1. The summed E-state index contributed by atoms with van der Waals surface area (Å²) in [4.78, 5) is 29.9. The van der Waals surface area contributed by atoms with Gasteiger partial charge >= 0.3 is 0 Å². The molecule has 1 aromatic carbocycles.